The Kier molecular flexibility index (Phi) is 2.09. The molecule has 0 atom stereocenters. The number of rotatable bonds is 2. The zero-order chi connectivity index (χ0) is 9.10. The van der Waals surface area contributed by atoms with Gasteiger partial charge in [-0.25, -0.2) is 9.97 Å². The Labute approximate surface area is 76.6 Å². The van der Waals surface area contributed by atoms with Crippen LogP contribution >= 0.6 is 0 Å². The zero-order valence-corrected chi connectivity index (χ0v) is 7.20. The van der Waals surface area contributed by atoms with Gasteiger partial charge in [-0.3, -0.25) is 0 Å². The SMILES string of the molecule is N#Cc1cnc(NC2CCC2)nc1. The average molecular weight is 174 g/mol. The van der Waals surface area contributed by atoms with E-state index < -0.39 is 0 Å². The van der Waals surface area contributed by atoms with E-state index in [4.69, 9.17) is 5.26 Å². The Bertz CT molecular complexity index is 320. The summed E-state index contributed by atoms with van der Waals surface area (Å²) in [6.07, 6.45) is 6.75. The van der Waals surface area contributed by atoms with Gasteiger partial charge in [-0.05, 0) is 19.3 Å². The molecule has 1 aliphatic carbocycles. The first-order chi connectivity index (χ1) is 6.38. The average Bonchev–Trinajstić information content (AvgIpc) is 2.12. The van der Waals surface area contributed by atoms with Gasteiger partial charge in [-0.1, -0.05) is 0 Å². The number of nitriles is 1. The van der Waals surface area contributed by atoms with Crippen molar-refractivity contribution in [2.75, 3.05) is 5.32 Å². The fraction of sp³-hybridized carbons (Fsp3) is 0.444. The van der Waals surface area contributed by atoms with Gasteiger partial charge in [0, 0.05) is 6.04 Å². The summed E-state index contributed by atoms with van der Waals surface area (Å²) in [4.78, 5) is 8.05. The van der Waals surface area contributed by atoms with Crippen LogP contribution in [0.15, 0.2) is 12.4 Å². The standard InChI is InChI=1S/C9H10N4/c10-4-7-5-11-9(12-6-7)13-8-2-1-3-8/h5-6,8H,1-3H2,(H,11,12,13). The first-order valence-electron chi connectivity index (χ1n) is 4.37. The highest BCUT2D eigenvalue weighted by atomic mass is 15.1. The van der Waals surface area contributed by atoms with E-state index in [9.17, 15) is 0 Å². The van der Waals surface area contributed by atoms with Crippen LogP contribution in [0.1, 0.15) is 24.8 Å². The molecule has 0 bridgehead atoms. The first kappa shape index (κ1) is 7.99. The van der Waals surface area contributed by atoms with E-state index in [0.717, 1.165) is 0 Å². The predicted molar refractivity (Wildman–Crippen MR) is 48.0 cm³/mol. The summed E-state index contributed by atoms with van der Waals surface area (Å²) in [5.41, 5.74) is 0.499. The van der Waals surface area contributed by atoms with Crippen molar-refractivity contribution in [3.05, 3.63) is 18.0 Å². The second kappa shape index (κ2) is 3.40. The molecule has 4 nitrogen and oxygen atoms in total. The molecule has 0 spiro atoms. The number of nitrogens with one attached hydrogen (secondary N) is 1. The van der Waals surface area contributed by atoms with Crippen LogP contribution in [0.25, 0.3) is 0 Å². The topological polar surface area (TPSA) is 61.6 Å². The van der Waals surface area contributed by atoms with Crippen LogP contribution in [0.2, 0.25) is 0 Å². The molecule has 0 radical (unpaired) electrons. The molecule has 0 amide bonds. The normalized spacial score (nSPS) is 15.9. The monoisotopic (exact) mass is 174 g/mol. The van der Waals surface area contributed by atoms with E-state index in [0.29, 0.717) is 17.6 Å². The molecule has 1 saturated carbocycles. The molecular weight excluding hydrogens is 164 g/mol. The van der Waals surface area contributed by atoms with E-state index in [2.05, 4.69) is 15.3 Å². The molecule has 0 aromatic carbocycles. The summed E-state index contributed by atoms with van der Waals surface area (Å²) in [7, 11) is 0. The van der Waals surface area contributed by atoms with Gasteiger partial charge < -0.3 is 5.32 Å². The minimum atomic E-state index is 0.499. The Morgan fingerprint density at radius 2 is 2.08 bits per heavy atom. The molecule has 2 rings (SSSR count). The maximum atomic E-state index is 8.52. The number of anilines is 1. The number of hydrogen-bond donors (Lipinski definition) is 1. The molecule has 66 valence electrons. The third-order valence-corrected chi connectivity index (χ3v) is 2.22. The van der Waals surface area contributed by atoms with Crippen LogP contribution < -0.4 is 5.32 Å². The highest BCUT2D eigenvalue weighted by Crippen LogP contribution is 2.21. The molecule has 0 unspecified atom stereocenters. The minimum Gasteiger partial charge on any atom is -0.351 e. The lowest BCUT2D eigenvalue weighted by Gasteiger charge is -2.26. The third kappa shape index (κ3) is 1.75. The van der Waals surface area contributed by atoms with E-state index in [-0.39, 0.29) is 0 Å². The molecule has 13 heavy (non-hydrogen) atoms. The number of hydrogen-bond acceptors (Lipinski definition) is 4. The van der Waals surface area contributed by atoms with Crippen LogP contribution in [0.5, 0.6) is 0 Å². The molecule has 0 aliphatic heterocycles. The smallest absolute Gasteiger partial charge is 0.222 e. The Morgan fingerprint density at radius 3 is 2.54 bits per heavy atom. The van der Waals surface area contributed by atoms with Gasteiger partial charge in [0.1, 0.15) is 6.07 Å². The van der Waals surface area contributed by atoms with Gasteiger partial charge in [0.05, 0.1) is 18.0 Å². The Morgan fingerprint density at radius 1 is 1.38 bits per heavy atom. The van der Waals surface area contributed by atoms with Crippen molar-refractivity contribution >= 4 is 5.95 Å². The molecule has 1 fully saturated rings. The van der Waals surface area contributed by atoms with Gasteiger partial charge in [0.15, 0.2) is 0 Å². The van der Waals surface area contributed by atoms with Crippen molar-refractivity contribution in [2.24, 2.45) is 0 Å². The van der Waals surface area contributed by atoms with Gasteiger partial charge >= 0.3 is 0 Å². The lowest BCUT2D eigenvalue weighted by atomic mass is 9.93. The molecule has 0 saturated heterocycles. The summed E-state index contributed by atoms with van der Waals surface area (Å²) in [5, 5.41) is 11.7. The number of nitrogens with zero attached hydrogens (tertiary/aromatic N) is 3. The van der Waals surface area contributed by atoms with Crippen LogP contribution in [0.3, 0.4) is 0 Å². The second-order valence-electron chi connectivity index (χ2n) is 3.18. The predicted octanol–water partition coefficient (Wildman–Crippen LogP) is 1.31. The van der Waals surface area contributed by atoms with Crippen molar-refractivity contribution in [2.45, 2.75) is 25.3 Å². The van der Waals surface area contributed by atoms with Crippen LogP contribution in [-0.2, 0) is 0 Å². The van der Waals surface area contributed by atoms with Gasteiger partial charge in [-0.2, -0.15) is 5.26 Å². The van der Waals surface area contributed by atoms with Gasteiger partial charge in [0.25, 0.3) is 0 Å². The van der Waals surface area contributed by atoms with Gasteiger partial charge in [-0.15, -0.1) is 0 Å². The summed E-state index contributed by atoms with van der Waals surface area (Å²) in [6, 6.07) is 2.52. The maximum Gasteiger partial charge on any atom is 0.222 e. The third-order valence-electron chi connectivity index (χ3n) is 2.22. The fourth-order valence-corrected chi connectivity index (χ4v) is 1.20. The van der Waals surface area contributed by atoms with Crippen molar-refractivity contribution < 1.29 is 0 Å². The molecule has 4 heteroatoms. The maximum absolute atomic E-state index is 8.52. The van der Waals surface area contributed by atoms with Crippen molar-refractivity contribution in [1.29, 1.82) is 5.26 Å². The van der Waals surface area contributed by atoms with Crippen LogP contribution in [0.4, 0.5) is 5.95 Å². The summed E-state index contributed by atoms with van der Waals surface area (Å²) >= 11 is 0. The van der Waals surface area contributed by atoms with Crippen molar-refractivity contribution in [3.8, 4) is 6.07 Å². The highest BCUT2D eigenvalue weighted by molar-refractivity contribution is 5.31. The summed E-state index contributed by atoms with van der Waals surface area (Å²) < 4.78 is 0. The van der Waals surface area contributed by atoms with E-state index in [1.165, 1.54) is 31.7 Å². The minimum absolute atomic E-state index is 0.499. The van der Waals surface area contributed by atoms with E-state index in [1.54, 1.807) is 0 Å². The summed E-state index contributed by atoms with van der Waals surface area (Å²) in [6.45, 7) is 0. The number of aromatic nitrogens is 2. The first-order valence-corrected chi connectivity index (χ1v) is 4.37. The van der Waals surface area contributed by atoms with Crippen molar-refractivity contribution in [1.82, 2.24) is 9.97 Å². The fourth-order valence-electron chi connectivity index (χ4n) is 1.20. The zero-order valence-electron chi connectivity index (χ0n) is 7.20. The lowest BCUT2D eigenvalue weighted by Crippen LogP contribution is -2.27. The second-order valence-corrected chi connectivity index (χ2v) is 3.18. The van der Waals surface area contributed by atoms with Gasteiger partial charge in [0.2, 0.25) is 5.95 Å². The Hall–Kier alpha value is -1.63. The molecule has 1 aromatic heterocycles. The largest absolute Gasteiger partial charge is 0.351 e. The van der Waals surface area contributed by atoms with E-state index >= 15 is 0 Å². The molecule has 1 aromatic rings. The van der Waals surface area contributed by atoms with Crippen molar-refractivity contribution in [3.63, 3.8) is 0 Å². The molecular formula is C9H10N4. The quantitative estimate of drug-likeness (QED) is 0.734. The summed E-state index contributed by atoms with van der Waals surface area (Å²) in [5.74, 6) is 0.628. The Balaban J connectivity index is 2.01. The molecule has 1 aliphatic rings. The molecule has 1 heterocycles. The highest BCUT2D eigenvalue weighted by Gasteiger charge is 2.17. The van der Waals surface area contributed by atoms with Crippen LogP contribution in [-0.4, -0.2) is 16.0 Å². The van der Waals surface area contributed by atoms with Crippen LogP contribution in [0, 0.1) is 11.3 Å². The lowest BCUT2D eigenvalue weighted by molar-refractivity contribution is 0.443. The molecule has 1 N–H and O–H groups in total. The van der Waals surface area contributed by atoms with E-state index in [1.807, 2.05) is 6.07 Å².